The molecule has 1 unspecified atom stereocenters. The molecule has 78 valence electrons. The molecule has 14 heavy (non-hydrogen) atoms. The van der Waals surface area contributed by atoms with E-state index in [1.54, 1.807) is 13.0 Å². The van der Waals surface area contributed by atoms with Crippen LogP contribution in [-0.2, 0) is 0 Å². The van der Waals surface area contributed by atoms with Gasteiger partial charge >= 0.3 is 0 Å². The number of nitrogens with two attached hydrogens (primary N) is 1. The van der Waals surface area contributed by atoms with Crippen molar-refractivity contribution in [1.82, 2.24) is 0 Å². The van der Waals surface area contributed by atoms with E-state index in [4.69, 9.17) is 5.73 Å². The highest BCUT2D eigenvalue weighted by atomic mass is 16.3. The van der Waals surface area contributed by atoms with Crippen LogP contribution in [0.25, 0.3) is 0 Å². The van der Waals surface area contributed by atoms with Crippen molar-refractivity contribution in [2.45, 2.75) is 39.2 Å². The van der Waals surface area contributed by atoms with E-state index in [2.05, 4.69) is 13.0 Å². The first kappa shape index (κ1) is 11.1. The molecule has 0 saturated carbocycles. The summed E-state index contributed by atoms with van der Waals surface area (Å²) in [5, 5.41) is 9.86. The van der Waals surface area contributed by atoms with Crippen LogP contribution in [0.15, 0.2) is 35.1 Å². The van der Waals surface area contributed by atoms with Gasteiger partial charge in [-0.25, -0.2) is 0 Å². The summed E-state index contributed by atoms with van der Waals surface area (Å²) in [4.78, 5) is 0. The maximum absolute atomic E-state index is 9.86. The molecule has 0 spiro atoms. The summed E-state index contributed by atoms with van der Waals surface area (Å²) < 4.78 is 0. The first-order valence-corrected chi connectivity index (χ1v) is 5.08. The van der Waals surface area contributed by atoms with Crippen molar-refractivity contribution in [2.24, 2.45) is 5.73 Å². The van der Waals surface area contributed by atoms with Gasteiger partial charge in [0.15, 0.2) is 0 Å². The molecule has 1 rings (SSSR count). The second-order valence-electron chi connectivity index (χ2n) is 3.97. The largest absolute Gasteiger partial charge is 0.399 e. The van der Waals surface area contributed by atoms with Gasteiger partial charge in [0.25, 0.3) is 0 Å². The lowest BCUT2D eigenvalue weighted by molar-refractivity contribution is 0.146. The third-order valence-corrected chi connectivity index (χ3v) is 2.62. The minimum absolute atomic E-state index is 0.558. The Labute approximate surface area is 85.8 Å². The van der Waals surface area contributed by atoms with Gasteiger partial charge in [0.05, 0.1) is 0 Å². The van der Waals surface area contributed by atoms with E-state index >= 15 is 0 Å². The molecule has 2 heteroatoms. The number of allylic oxidation sites excluding steroid dienone is 4. The van der Waals surface area contributed by atoms with Gasteiger partial charge in [-0.3, -0.25) is 0 Å². The van der Waals surface area contributed by atoms with Crippen molar-refractivity contribution in [3.8, 4) is 0 Å². The highest BCUT2D eigenvalue weighted by molar-refractivity contribution is 5.49. The molecular formula is C12H19NO. The fraction of sp³-hybridized carbons (Fsp3) is 0.500. The molecule has 0 aromatic heterocycles. The lowest BCUT2D eigenvalue weighted by Gasteiger charge is -2.26. The Bertz CT molecular complexity index is 308. The van der Waals surface area contributed by atoms with E-state index in [9.17, 15) is 5.11 Å². The average Bonchev–Trinajstić information content (AvgIpc) is 2.14. The third kappa shape index (κ3) is 2.07. The van der Waals surface area contributed by atoms with E-state index in [-0.39, 0.29) is 0 Å². The number of hydrogen-bond acceptors (Lipinski definition) is 2. The molecule has 2 nitrogen and oxygen atoms in total. The summed E-state index contributed by atoms with van der Waals surface area (Å²) in [6, 6.07) is 0. The molecule has 0 aliphatic heterocycles. The molecule has 0 radical (unpaired) electrons. The monoisotopic (exact) mass is 193 g/mol. The lowest BCUT2D eigenvalue weighted by atomic mass is 9.88. The van der Waals surface area contributed by atoms with Crippen LogP contribution < -0.4 is 5.73 Å². The zero-order valence-electron chi connectivity index (χ0n) is 9.17. The van der Waals surface area contributed by atoms with Crippen LogP contribution in [0.3, 0.4) is 0 Å². The predicted molar refractivity (Wildman–Crippen MR) is 59.6 cm³/mol. The highest BCUT2D eigenvalue weighted by Gasteiger charge is 2.25. The van der Waals surface area contributed by atoms with Crippen molar-refractivity contribution < 1.29 is 5.11 Å². The maximum atomic E-state index is 9.86. The van der Waals surface area contributed by atoms with E-state index < -0.39 is 5.60 Å². The molecular weight excluding hydrogens is 174 g/mol. The maximum Gasteiger partial charge on any atom is 0.120 e. The van der Waals surface area contributed by atoms with Crippen LogP contribution in [0.1, 0.15) is 33.6 Å². The van der Waals surface area contributed by atoms with Crippen molar-refractivity contribution in [3.63, 3.8) is 0 Å². The van der Waals surface area contributed by atoms with E-state index in [0.29, 0.717) is 5.70 Å². The van der Waals surface area contributed by atoms with Crippen molar-refractivity contribution in [3.05, 3.63) is 35.1 Å². The second kappa shape index (κ2) is 4.01. The van der Waals surface area contributed by atoms with Gasteiger partial charge in [-0.1, -0.05) is 25.5 Å². The quantitative estimate of drug-likeness (QED) is 0.706. The van der Waals surface area contributed by atoms with E-state index in [1.807, 2.05) is 13.0 Å². The summed E-state index contributed by atoms with van der Waals surface area (Å²) >= 11 is 0. The van der Waals surface area contributed by atoms with Crippen molar-refractivity contribution in [2.75, 3.05) is 0 Å². The summed E-state index contributed by atoms with van der Waals surface area (Å²) in [5.41, 5.74) is 7.56. The van der Waals surface area contributed by atoms with Crippen LogP contribution in [0.5, 0.6) is 0 Å². The molecule has 0 aromatic rings. The fourth-order valence-corrected chi connectivity index (χ4v) is 1.52. The zero-order chi connectivity index (χ0) is 10.8. The minimum atomic E-state index is -0.979. The van der Waals surface area contributed by atoms with Gasteiger partial charge < -0.3 is 10.8 Å². The molecule has 0 aromatic carbocycles. The fourth-order valence-electron chi connectivity index (χ4n) is 1.52. The first-order valence-electron chi connectivity index (χ1n) is 5.08. The predicted octanol–water partition coefficient (Wildman–Crippen LogP) is 2.27. The third-order valence-electron chi connectivity index (χ3n) is 2.62. The van der Waals surface area contributed by atoms with Gasteiger partial charge in [-0.2, -0.15) is 0 Å². The Morgan fingerprint density at radius 2 is 2.21 bits per heavy atom. The molecule has 0 bridgehead atoms. The van der Waals surface area contributed by atoms with Gasteiger partial charge in [0, 0.05) is 5.70 Å². The van der Waals surface area contributed by atoms with Gasteiger partial charge in [-0.05, 0) is 37.5 Å². The first-order chi connectivity index (χ1) is 6.49. The second-order valence-corrected chi connectivity index (χ2v) is 3.97. The smallest absolute Gasteiger partial charge is 0.120 e. The van der Waals surface area contributed by atoms with Gasteiger partial charge in [0.1, 0.15) is 5.60 Å². The lowest BCUT2D eigenvalue weighted by Crippen LogP contribution is -2.32. The number of rotatable bonds is 2. The van der Waals surface area contributed by atoms with Crippen LogP contribution in [0.4, 0.5) is 0 Å². The van der Waals surface area contributed by atoms with E-state index in [0.717, 1.165) is 24.0 Å². The van der Waals surface area contributed by atoms with Crippen LogP contribution >= 0.6 is 0 Å². The Kier molecular flexibility index (Phi) is 3.17. The number of unbranched alkanes of at least 4 members (excludes halogenated alkanes) is 1. The molecule has 0 heterocycles. The minimum Gasteiger partial charge on any atom is -0.399 e. The highest BCUT2D eigenvalue weighted by Crippen LogP contribution is 2.28. The van der Waals surface area contributed by atoms with Crippen LogP contribution in [-0.4, -0.2) is 10.7 Å². The Morgan fingerprint density at radius 1 is 1.57 bits per heavy atom. The summed E-state index contributed by atoms with van der Waals surface area (Å²) in [5.74, 6) is 0. The SMILES string of the molecule is CCCC=C1C=CC(C)(O)C(N)=C1C. The van der Waals surface area contributed by atoms with Crippen LogP contribution in [0, 0.1) is 0 Å². The Balaban J connectivity index is 2.98. The molecule has 0 fully saturated rings. The molecule has 0 amide bonds. The van der Waals surface area contributed by atoms with Gasteiger partial charge in [0.2, 0.25) is 0 Å². The molecule has 1 atom stereocenters. The average molecular weight is 193 g/mol. The number of aliphatic hydroxyl groups is 1. The van der Waals surface area contributed by atoms with Gasteiger partial charge in [-0.15, -0.1) is 0 Å². The molecule has 0 saturated heterocycles. The van der Waals surface area contributed by atoms with Crippen LogP contribution in [0.2, 0.25) is 0 Å². The van der Waals surface area contributed by atoms with E-state index in [1.165, 1.54) is 0 Å². The zero-order valence-corrected chi connectivity index (χ0v) is 9.17. The summed E-state index contributed by atoms with van der Waals surface area (Å²) in [6.07, 6.45) is 8.03. The molecule has 1 aliphatic carbocycles. The standard InChI is InChI=1S/C12H19NO/c1-4-5-6-10-7-8-12(3,14)11(13)9(10)2/h6-8,14H,4-5,13H2,1-3H3. The summed E-state index contributed by atoms with van der Waals surface area (Å²) in [6.45, 7) is 5.80. The Hall–Kier alpha value is -1.02. The number of hydrogen-bond donors (Lipinski definition) is 2. The van der Waals surface area contributed by atoms with Crippen molar-refractivity contribution >= 4 is 0 Å². The molecule has 3 N–H and O–H groups in total. The summed E-state index contributed by atoms with van der Waals surface area (Å²) in [7, 11) is 0. The topological polar surface area (TPSA) is 46.2 Å². The Morgan fingerprint density at radius 3 is 2.79 bits per heavy atom. The van der Waals surface area contributed by atoms with Crippen molar-refractivity contribution in [1.29, 1.82) is 0 Å². The molecule has 1 aliphatic rings. The normalized spacial score (nSPS) is 30.1.